The first-order chi connectivity index (χ1) is 7.83. The van der Waals surface area contributed by atoms with E-state index < -0.39 is 0 Å². The molecule has 1 atom stereocenters. The highest BCUT2D eigenvalue weighted by Crippen LogP contribution is 2.04. The van der Waals surface area contributed by atoms with Crippen molar-refractivity contribution in [2.75, 3.05) is 40.0 Å². The summed E-state index contributed by atoms with van der Waals surface area (Å²) in [5.41, 5.74) is 0. The van der Waals surface area contributed by atoms with Crippen LogP contribution in [0.1, 0.15) is 19.3 Å². The number of carbonyl (C=O) groups is 1. The number of carbonyl (C=O) groups excluding carboxylic acids is 1. The summed E-state index contributed by atoms with van der Waals surface area (Å²) in [6.45, 7) is 3.30. The SMILES string of the molecule is COCCCNC(=O)CNC1CCCOC1. The van der Waals surface area contributed by atoms with Crippen LogP contribution in [0, 0.1) is 0 Å². The highest BCUT2D eigenvalue weighted by Gasteiger charge is 2.13. The van der Waals surface area contributed by atoms with Gasteiger partial charge in [-0.25, -0.2) is 0 Å². The Hall–Kier alpha value is -0.650. The van der Waals surface area contributed by atoms with Crippen LogP contribution in [-0.4, -0.2) is 52.0 Å². The molecule has 0 radical (unpaired) electrons. The largest absolute Gasteiger partial charge is 0.385 e. The maximum absolute atomic E-state index is 11.4. The van der Waals surface area contributed by atoms with Gasteiger partial charge in [-0.05, 0) is 19.3 Å². The topological polar surface area (TPSA) is 59.6 Å². The van der Waals surface area contributed by atoms with Crippen LogP contribution in [0.3, 0.4) is 0 Å². The van der Waals surface area contributed by atoms with Crippen molar-refractivity contribution in [1.82, 2.24) is 10.6 Å². The van der Waals surface area contributed by atoms with Crippen LogP contribution in [0.2, 0.25) is 0 Å². The van der Waals surface area contributed by atoms with Crippen molar-refractivity contribution in [2.45, 2.75) is 25.3 Å². The van der Waals surface area contributed by atoms with Crippen LogP contribution < -0.4 is 10.6 Å². The summed E-state index contributed by atoms with van der Waals surface area (Å²) < 4.78 is 10.2. The number of nitrogens with one attached hydrogen (secondary N) is 2. The van der Waals surface area contributed by atoms with E-state index in [1.54, 1.807) is 7.11 Å². The van der Waals surface area contributed by atoms with Gasteiger partial charge in [0.15, 0.2) is 0 Å². The van der Waals surface area contributed by atoms with Gasteiger partial charge in [0.05, 0.1) is 13.2 Å². The molecule has 94 valence electrons. The zero-order chi connectivity index (χ0) is 11.6. The Morgan fingerprint density at radius 2 is 2.44 bits per heavy atom. The first-order valence-electron chi connectivity index (χ1n) is 5.89. The molecule has 5 heteroatoms. The van der Waals surface area contributed by atoms with Gasteiger partial charge in [-0.2, -0.15) is 0 Å². The molecule has 0 bridgehead atoms. The molecule has 1 fully saturated rings. The van der Waals surface area contributed by atoms with Crippen LogP contribution in [0.5, 0.6) is 0 Å². The van der Waals surface area contributed by atoms with Gasteiger partial charge in [-0.15, -0.1) is 0 Å². The van der Waals surface area contributed by atoms with Crippen LogP contribution in [0.25, 0.3) is 0 Å². The molecule has 0 aromatic rings. The fourth-order valence-electron chi connectivity index (χ4n) is 1.65. The zero-order valence-electron chi connectivity index (χ0n) is 9.96. The molecule has 0 saturated carbocycles. The Morgan fingerprint density at radius 1 is 1.56 bits per heavy atom. The van der Waals surface area contributed by atoms with Gasteiger partial charge in [-0.3, -0.25) is 4.79 Å². The lowest BCUT2D eigenvalue weighted by Gasteiger charge is -2.22. The predicted octanol–water partition coefficient (Wildman–Crippen LogP) is -0.0923. The summed E-state index contributed by atoms with van der Waals surface area (Å²) in [5, 5.41) is 6.03. The van der Waals surface area contributed by atoms with Crippen LogP contribution >= 0.6 is 0 Å². The molecule has 1 amide bonds. The molecule has 0 aromatic heterocycles. The fourth-order valence-corrected chi connectivity index (χ4v) is 1.65. The molecular weight excluding hydrogens is 208 g/mol. The third-order valence-corrected chi connectivity index (χ3v) is 2.56. The minimum atomic E-state index is 0.0432. The number of hydrogen-bond acceptors (Lipinski definition) is 4. The Bertz CT molecular complexity index is 194. The van der Waals surface area contributed by atoms with E-state index in [-0.39, 0.29) is 5.91 Å². The minimum Gasteiger partial charge on any atom is -0.385 e. The molecule has 1 unspecified atom stereocenters. The van der Waals surface area contributed by atoms with E-state index in [2.05, 4.69) is 10.6 Å². The van der Waals surface area contributed by atoms with Gasteiger partial charge in [-0.1, -0.05) is 0 Å². The summed E-state index contributed by atoms with van der Waals surface area (Å²) in [7, 11) is 1.66. The highest BCUT2D eigenvalue weighted by molar-refractivity contribution is 5.77. The summed E-state index contributed by atoms with van der Waals surface area (Å²) in [6, 6.07) is 0.332. The standard InChI is InChI=1S/C11H22N2O3/c1-15-6-3-5-12-11(14)8-13-10-4-2-7-16-9-10/h10,13H,2-9H2,1H3,(H,12,14). The molecule has 2 N–H and O–H groups in total. The predicted molar refractivity (Wildman–Crippen MR) is 61.3 cm³/mol. The minimum absolute atomic E-state index is 0.0432. The molecule has 1 rings (SSSR count). The molecule has 1 aliphatic heterocycles. The smallest absolute Gasteiger partial charge is 0.233 e. The second kappa shape index (κ2) is 8.50. The van der Waals surface area contributed by atoms with Crippen molar-refractivity contribution in [3.05, 3.63) is 0 Å². The van der Waals surface area contributed by atoms with Gasteiger partial charge in [0.1, 0.15) is 0 Å². The van der Waals surface area contributed by atoms with E-state index >= 15 is 0 Å². The lowest BCUT2D eigenvalue weighted by atomic mass is 10.1. The Labute approximate surface area is 96.9 Å². The first kappa shape index (κ1) is 13.4. The molecule has 1 aliphatic rings. The molecule has 0 spiro atoms. The second-order valence-corrected chi connectivity index (χ2v) is 3.99. The molecule has 0 aliphatic carbocycles. The Balaban J connectivity index is 1.96. The van der Waals surface area contributed by atoms with Gasteiger partial charge in [0.25, 0.3) is 0 Å². The van der Waals surface area contributed by atoms with E-state index in [1.807, 2.05) is 0 Å². The molecular formula is C11H22N2O3. The Morgan fingerprint density at radius 3 is 3.12 bits per heavy atom. The van der Waals surface area contributed by atoms with Crippen molar-refractivity contribution in [3.8, 4) is 0 Å². The third kappa shape index (κ3) is 6.05. The van der Waals surface area contributed by atoms with E-state index in [1.165, 1.54) is 0 Å². The van der Waals surface area contributed by atoms with Crippen molar-refractivity contribution >= 4 is 5.91 Å². The maximum atomic E-state index is 11.4. The second-order valence-electron chi connectivity index (χ2n) is 3.99. The number of hydrogen-bond donors (Lipinski definition) is 2. The van der Waals surface area contributed by atoms with Crippen molar-refractivity contribution in [3.63, 3.8) is 0 Å². The quantitative estimate of drug-likeness (QED) is 0.600. The first-order valence-corrected chi connectivity index (χ1v) is 5.89. The molecule has 1 saturated heterocycles. The summed E-state index contributed by atoms with van der Waals surface area (Å²) >= 11 is 0. The van der Waals surface area contributed by atoms with E-state index in [0.717, 1.165) is 32.5 Å². The summed E-state index contributed by atoms with van der Waals surface area (Å²) in [6.07, 6.45) is 3.03. The van der Waals surface area contributed by atoms with Gasteiger partial charge in [0.2, 0.25) is 5.91 Å². The van der Waals surface area contributed by atoms with Gasteiger partial charge >= 0.3 is 0 Å². The summed E-state index contributed by atoms with van der Waals surface area (Å²) in [4.78, 5) is 11.4. The zero-order valence-corrected chi connectivity index (χ0v) is 9.96. The summed E-state index contributed by atoms with van der Waals surface area (Å²) in [5.74, 6) is 0.0432. The van der Waals surface area contributed by atoms with E-state index in [9.17, 15) is 4.79 Å². The monoisotopic (exact) mass is 230 g/mol. The Kier molecular flexibility index (Phi) is 7.12. The number of ether oxygens (including phenoxy) is 2. The normalized spacial score (nSPS) is 20.7. The van der Waals surface area contributed by atoms with Gasteiger partial charge < -0.3 is 20.1 Å². The molecule has 1 heterocycles. The van der Waals surface area contributed by atoms with Crippen LogP contribution in [0.15, 0.2) is 0 Å². The molecule has 5 nitrogen and oxygen atoms in total. The highest BCUT2D eigenvalue weighted by atomic mass is 16.5. The van der Waals surface area contributed by atoms with Crippen LogP contribution in [0.4, 0.5) is 0 Å². The van der Waals surface area contributed by atoms with Gasteiger partial charge in [0, 0.05) is 32.9 Å². The van der Waals surface area contributed by atoms with Crippen molar-refractivity contribution in [2.24, 2.45) is 0 Å². The molecule has 0 aromatic carbocycles. The average Bonchev–Trinajstić information content (AvgIpc) is 2.33. The van der Waals surface area contributed by atoms with E-state index in [4.69, 9.17) is 9.47 Å². The number of methoxy groups -OCH3 is 1. The third-order valence-electron chi connectivity index (χ3n) is 2.56. The lowest BCUT2D eigenvalue weighted by Crippen LogP contribution is -2.43. The fraction of sp³-hybridized carbons (Fsp3) is 0.909. The molecule has 16 heavy (non-hydrogen) atoms. The van der Waals surface area contributed by atoms with Crippen molar-refractivity contribution in [1.29, 1.82) is 0 Å². The number of rotatable bonds is 7. The number of amides is 1. The maximum Gasteiger partial charge on any atom is 0.233 e. The van der Waals surface area contributed by atoms with E-state index in [0.29, 0.717) is 25.7 Å². The average molecular weight is 230 g/mol. The van der Waals surface area contributed by atoms with Crippen LogP contribution in [-0.2, 0) is 14.3 Å². The lowest BCUT2D eigenvalue weighted by molar-refractivity contribution is -0.120. The van der Waals surface area contributed by atoms with Crippen molar-refractivity contribution < 1.29 is 14.3 Å².